The van der Waals surface area contributed by atoms with Crippen molar-refractivity contribution in [1.29, 1.82) is 0 Å². The topological polar surface area (TPSA) is 73.9 Å². The highest BCUT2D eigenvalue weighted by atomic mass is 16.5. The van der Waals surface area contributed by atoms with Crippen molar-refractivity contribution in [2.45, 2.75) is 6.92 Å². The average Bonchev–Trinajstić information content (AvgIpc) is 2.99. The quantitative estimate of drug-likeness (QED) is 0.724. The van der Waals surface area contributed by atoms with Crippen LogP contribution in [-0.4, -0.2) is 26.7 Å². The van der Waals surface area contributed by atoms with E-state index in [1.807, 2.05) is 25.1 Å². The Morgan fingerprint density at radius 1 is 1.15 bits per heavy atom. The second-order valence-corrected chi connectivity index (χ2v) is 3.95. The van der Waals surface area contributed by atoms with Crippen molar-refractivity contribution in [3.05, 3.63) is 42.9 Å². The van der Waals surface area contributed by atoms with Crippen LogP contribution >= 0.6 is 0 Å². The van der Waals surface area contributed by atoms with Gasteiger partial charge in [0.05, 0.1) is 6.61 Å². The Bertz CT molecular complexity index is 697. The van der Waals surface area contributed by atoms with Gasteiger partial charge in [-0.25, -0.2) is 4.98 Å². The SMILES string of the molecule is CCOc1ncccc1-c1nc(-c2ccncc2)no1. The van der Waals surface area contributed by atoms with Crippen molar-refractivity contribution in [1.82, 2.24) is 20.1 Å². The highest BCUT2D eigenvalue weighted by Gasteiger charge is 2.15. The van der Waals surface area contributed by atoms with Gasteiger partial charge < -0.3 is 9.26 Å². The van der Waals surface area contributed by atoms with Crippen molar-refractivity contribution in [3.8, 4) is 28.7 Å². The van der Waals surface area contributed by atoms with E-state index in [2.05, 4.69) is 20.1 Å². The molecule has 0 N–H and O–H groups in total. The molecule has 0 radical (unpaired) electrons. The van der Waals surface area contributed by atoms with Crippen LogP contribution in [0.1, 0.15) is 6.92 Å². The summed E-state index contributed by atoms with van der Waals surface area (Å²) >= 11 is 0. The predicted molar refractivity (Wildman–Crippen MR) is 71.9 cm³/mol. The molecule has 3 aromatic rings. The molecule has 0 aliphatic heterocycles. The first kappa shape index (κ1) is 12.3. The van der Waals surface area contributed by atoms with Gasteiger partial charge in [-0.05, 0) is 31.2 Å². The van der Waals surface area contributed by atoms with Gasteiger partial charge in [-0.2, -0.15) is 4.98 Å². The van der Waals surface area contributed by atoms with Gasteiger partial charge in [0.15, 0.2) is 0 Å². The molecule has 3 heterocycles. The van der Waals surface area contributed by atoms with E-state index in [0.717, 1.165) is 5.56 Å². The van der Waals surface area contributed by atoms with E-state index in [0.29, 0.717) is 29.8 Å². The molecule has 0 saturated carbocycles. The predicted octanol–water partition coefficient (Wildman–Crippen LogP) is 2.59. The molecule has 0 fully saturated rings. The van der Waals surface area contributed by atoms with E-state index >= 15 is 0 Å². The molecule has 3 rings (SSSR count). The molecule has 0 bridgehead atoms. The number of hydrogen-bond acceptors (Lipinski definition) is 6. The molecule has 0 saturated heterocycles. The smallest absolute Gasteiger partial charge is 0.263 e. The van der Waals surface area contributed by atoms with E-state index in [1.54, 1.807) is 24.7 Å². The summed E-state index contributed by atoms with van der Waals surface area (Å²) in [7, 11) is 0. The number of aromatic nitrogens is 4. The zero-order valence-electron chi connectivity index (χ0n) is 10.9. The van der Waals surface area contributed by atoms with Gasteiger partial charge >= 0.3 is 0 Å². The van der Waals surface area contributed by atoms with Crippen molar-refractivity contribution in [2.24, 2.45) is 0 Å². The maximum absolute atomic E-state index is 5.46. The van der Waals surface area contributed by atoms with Crippen LogP contribution in [0, 0.1) is 0 Å². The second kappa shape index (κ2) is 5.48. The first-order chi connectivity index (χ1) is 9.88. The number of pyridine rings is 2. The summed E-state index contributed by atoms with van der Waals surface area (Å²) < 4.78 is 10.7. The van der Waals surface area contributed by atoms with Crippen LogP contribution in [0.5, 0.6) is 5.88 Å². The summed E-state index contributed by atoms with van der Waals surface area (Å²) in [5, 5.41) is 3.97. The van der Waals surface area contributed by atoms with Crippen molar-refractivity contribution >= 4 is 0 Å². The Labute approximate surface area is 115 Å². The van der Waals surface area contributed by atoms with Gasteiger partial charge in [0.2, 0.25) is 11.7 Å². The van der Waals surface area contributed by atoms with Gasteiger partial charge in [-0.15, -0.1) is 0 Å². The Balaban J connectivity index is 1.98. The Hall–Kier alpha value is -2.76. The second-order valence-electron chi connectivity index (χ2n) is 3.95. The fourth-order valence-corrected chi connectivity index (χ4v) is 1.76. The standard InChI is InChI=1S/C14H12N4O2/c1-2-19-13-11(4-3-7-16-13)14-17-12(18-20-14)10-5-8-15-9-6-10/h3-9H,2H2,1H3. The summed E-state index contributed by atoms with van der Waals surface area (Å²) in [6, 6.07) is 7.28. The zero-order chi connectivity index (χ0) is 13.8. The normalized spacial score (nSPS) is 10.4. The third-order valence-corrected chi connectivity index (χ3v) is 2.65. The maximum atomic E-state index is 5.46. The van der Waals surface area contributed by atoms with Crippen molar-refractivity contribution in [3.63, 3.8) is 0 Å². The lowest BCUT2D eigenvalue weighted by Crippen LogP contribution is -1.96. The van der Waals surface area contributed by atoms with Crippen LogP contribution in [0.25, 0.3) is 22.8 Å². The van der Waals surface area contributed by atoms with Crippen LogP contribution < -0.4 is 4.74 Å². The summed E-state index contributed by atoms with van der Waals surface area (Å²) in [5.74, 6) is 1.38. The highest BCUT2D eigenvalue weighted by Crippen LogP contribution is 2.28. The summed E-state index contributed by atoms with van der Waals surface area (Å²) in [5.41, 5.74) is 1.53. The minimum atomic E-state index is 0.383. The van der Waals surface area contributed by atoms with Gasteiger partial charge in [0, 0.05) is 24.2 Å². The first-order valence-electron chi connectivity index (χ1n) is 6.20. The van der Waals surface area contributed by atoms with Crippen LogP contribution in [0.2, 0.25) is 0 Å². The molecule has 0 spiro atoms. The summed E-state index contributed by atoms with van der Waals surface area (Å²) in [6.45, 7) is 2.42. The number of rotatable bonds is 4. The van der Waals surface area contributed by atoms with E-state index < -0.39 is 0 Å². The Morgan fingerprint density at radius 3 is 2.80 bits per heavy atom. The lowest BCUT2D eigenvalue weighted by atomic mass is 10.2. The number of nitrogens with zero attached hydrogens (tertiary/aromatic N) is 4. The third-order valence-electron chi connectivity index (χ3n) is 2.65. The summed E-state index contributed by atoms with van der Waals surface area (Å²) in [6.07, 6.45) is 5.02. The molecular formula is C14H12N4O2. The van der Waals surface area contributed by atoms with Gasteiger partial charge in [0.25, 0.3) is 5.89 Å². The number of ether oxygens (including phenoxy) is 1. The van der Waals surface area contributed by atoms with Crippen LogP contribution in [0.4, 0.5) is 0 Å². The number of hydrogen-bond donors (Lipinski definition) is 0. The molecule has 6 nitrogen and oxygen atoms in total. The van der Waals surface area contributed by atoms with E-state index in [1.165, 1.54) is 0 Å². The molecule has 0 aliphatic rings. The Kier molecular flexibility index (Phi) is 3.36. The molecule has 0 aromatic carbocycles. The van der Waals surface area contributed by atoms with Gasteiger partial charge in [-0.1, -0.05) is 5.16 Å². The fourth-order valence-electron chi connectivity index (χ4n) is 1.76. The minimum absolute atomic E-state index is 0.383. The molecular weight excluding hydrogens is 256 g/mol. The maximum Gasteiger partial charge on any atom is 0.263 e. The molecule has 3 aromatic heterocycles. The van der Waals surface area contributed by atoms with Crippen LogP contribution in [-0.2, 0) is 0 Å². The molecule has 6 heteroatoms. The molecule has 100 valence electrons. The van der Waals surface area contributed by atoms with Gasteiger partial charge in [0.1, 0.15) is 5.56 Å². The lowest BCUT2D eigenvalue weighted by molar-refractivity contribution is 0.326. The first-order valence-corrected chi connectivity index (χ1v) is 6.20. The molecule has 0 atom stereocenters. The van der Waals surface area contributed by atoms with E-state index in [9.17, 15) is 0 Å². The minimum Gasteiger partial charge on any atom is -0.477 e. The molecule has 20 heavy (non-hydrogen) atoms. The molecule has 0 unspecified atom stereocenters. The molecule has 0 amide bonds. The van der Waals surface area contributed by atoms with E-state index in [-0.39, 0.29) is 0 Å². The zero-order valence-corrected chi connectivity index (χ0v) is 10.9. The summed E-state index contributed by atoms with van der Waals surface area (Å²) in [4.78, 5) is 12.5. The van der Waals surface area contributed by atoms with Crippen molar-refractivity contribution < 1.29 is 9.26 Å². The van der Waals surface area contributed by atoms with Crippen molar-refractivity contribution in [2.75, 3.05) is 6.61 Å². The monoisotopic (exact) mass is 268 g/mol. The highest BCUT2D eigenvalue weighted by molar-refractivity contribution is 5.62. The van der Waals surface area contributed by atoms with Crippen LogP contribution in [0.3, 0.4) is 0 Å². The largest absolute Gasteiger partial charge is 0.477 e. The van der Waals surface area contributed by atoms with E-state index in [4.69, 9.17) is 9.26 Å². The van der Waals surface area contributed by atoms with Crippen LogP contribution in [0.15, 0.2) is 47.4 Å². The third kappa shape index (κ3) is 2.35. The van der Waals surface area contributed by atoms with Gasteiger partial charge in [-0.3, -0.25) is 4.98 Å². The molecule has 0 aliphatic carbocycles. The lowest BCUT2D eigenvalue weighted by Gasteiger charge is -2.04. The average molecular weight is 268 g/mol. The Morgan fingerprint density at radius 2 is 2.00 bits per heavy atom. The fraction of sp³-hybridized carbons (Fsp3) is 0.143.